The molecular formula is C23H19N3O3S. The Kier molecular flexibility index (Phi) is 5.29. The van der Waals surface area contributed by atoms with Gasteiger partial charge in [0.25, 0.3) is 5.91 Å². The van der Waals surface area contributed by atoms with E-state index in [4.69, 9.17) is 5.11 Å². The number of rotatable bonds is 4. The maximum Gasteiger partial charge on any atom is 0.335 e. The van der Waals surface area contributed by atoms with E-state index in [1.165, 1.54) is 17.3 Å². The van der Waals surface area contributed by atoms with E-state index in [0.717, 1.165) is 22.6 Å². The van der Waals surface area contributed by atoms with Crippen LogP contribution in [0.1, 0.15) is 27.2 Å². The molecule has 6 nitrogen and oxygen atoms in total. The number of benzene rings is 2. The minimum absolute atomic E-state index is 0.198. The number of thioether (sulfide) groups is 1. The molecule has 1 aliphatic heterocycles. The lowest BCUT2D eigenvalue weighted by Crippen LogP contribution is -2.19. The van der Waals surface area contributed by atoms with E-state index in [0.29, 0.717) is 10.1 Å². The molecule has 0 bridgehead atoms. The maximum atomic E-state index is 12.4. The third kappa shape index (κ3) is 4.06. The standard InChI is InChI=1S/C23H19N3O3S/c1-14-5-8-17(12-15(14)2)24-23-25-21(27)20(30-23)13-19-4-3-11-26(19)18-9-6-16(7-10-18)22(28)29/h3-13H,1-2H3,(H,28,29)(H,24,25,27). The van der Waals surface area contributed by atoms with E-state index in [9.17, 15) is 9.59 Å². The number of amides is 1. The summed E-state index contributed by atoms with van der Waals surface area (Å²) in [6, 6.07) is 16.3. The van der Waals surface area contributed by atoms with Gasteiger partial charge in [-0.25, -0.2) is 9.79 Å². The molecule has 0 saturated carbocycles. The first-order valence-corrected chi connectivity index (χ1v) is 10.1. The molecule has 1 fully saturated rings. The number of amidine groups is 1. The highest BCUT2D eigenvalue weighted by Crippen LogP contribution is 2.29. The van der Waals surface area contributed by atoms with Crippen molar-refractivity contribution in [3.8, 4) is 5.69 Å². The van der Waals surface area contributed by atoms with E-state index in [2.05, 4.69) is 10.3 Å². The van der Waals surface area contributed by atoms with Crippen LogP contribution in [0.5, 0.6) is 0 Å². The Morgan fingerprint density at radius 1 is 1.10 bits per heavy atom. The number of carbonyl (C=O) groups is 2. The lowest BCUT2D eigenvalue weighted by molar-refractivity contribution is -0.115. The average Bonchev–Trinajstić information content (AvgIpc) is 3.31. The number of aromatic carboxylic acids is 1. The summed E-state index contributed by atoms with van der Waals surface area (Å²) >= 11 is 1.29. The molecule has 0 atom stereocenters. The van der Waals surface area contributed by atoms with E-state index < -0.39 is 5.97 Å². The predicted octanol–water partition coefficient (Wildman–Crippen LogP) is 4.68. The van der Waals surface area contributed by atoms with Crippen LogP contribution in [0.4, 0.5) is 5.69 Å². The van der Waals surface area contributed by atoms with Crippen LogP contribution in [-0.4, -0.2) is 26.7 Å². The van der Waals surface area contributed by atoms with Crippen LogP contribution in [-0.2, 0) is 4.79 Å². The van der Waals surface area contributed by atoms with E-state index in [1.54, 1.807) is 30.3 Å². The molecule has 2 heterocycles. The summed E-state index contributed by atoms with van der Waals surface area (Å²) in [5.41, 5.74) is 4.98. The molecule has 150 valence electrons. The van der Waals surface area contributed by atoms with Gasteiger partial charge >= 0.3 is 5.97 Å². The monoisotopic (exact) mass is 417 g/mol. The zero-order valence-corrected chi connectivity index (χ0v) is 17.2. The van der Waals surface area contributed by atoms with Crippen molar-refractivity contribution in [1.82, 2.24) is 9.88 Å². The molecule has 1 saturated heterocycles. The Hall–Kier alpha value is -3.58. The number of aromatic nitrogens is 1. The minimum Gasteiger partial charge on any atom is -0.478 e. The maximum absolute atomic E-state index is 12.4. The number of carboxylic acids is 1. The molecule has 0 spiro atoms. The number of carboxylic acid groups (broad SMARTS) is 1. The van der Waals surface area contributed by atoms with Gasteiger partial charge in [-0.15, -0.1) is 0 Å². The van der Waals surface area contributed by atoms with Crippen molar-refractivity contribution in [3.63, 3.8) is 0 Å². The van der Waals surface area contributed by atoms with Crippen molar-refractivity contribution in [3.05, 3.63) is 88.1 Å². The average molecular weight is 417 g/mol. The van der Waals surface area contributed by atoms with Gasteiger partial charge in [0, 0.05) is 17.6 Å². The largest absolute Gasteiger partial charge is 0.478 e. The number of hydrogen-bond acceptors (Lipinski definition) is 4. The second-order valence-corrected chi connectivity index (χ2v) is 7.94. The highest BCUT2D eigenvalue weighted by molar-refractivity contribution is 8.18. The Bertz CT molecular complexity index is 1210. The van der Waals surface area contributed by atoms with E-state index in [1.807, 2.05) is 54.9 Å². The van der Waals surface area contributed by atoms with Gasteiger partial charge in [-0.3, -0.25) is 4.79 Å². The molecule has 0 unspecified atom stereocenters. The first-order valence-electron chi connectivity index (χ1n) is 9.28. The topological polar surface area (TPSA) is 83.7 Å². The third-order valence-corrected chi connectivity index (χ3v) is 5.73. The van der Waals surface area contributed by atoms with Crippen LogP contribution in [0.25, 0.3) is 11.8 Å². The molecule has 4 rings (SSSR count). The van der Waals surface area contributed by atoms with E-state index >= 15 is 0 Å². The number of nitrogens with zero attached hydrogens (tertiary/aromatic N) is 2. The Balaban J connectivity index is 1.59. The fourth-order valence-electron chi connectivity index (χ4n) is 3.04. The van der Waals surface area contributed by atoms with Crippen molar-refractivity contribution >= 4 is 40.6 Å². The zero-order chi connectivity index (χ0) is 21.3. The molecule has 2 N–H and O–H groups in total. The summed E-state index contributed by atoms with van der Waals surface area (Å²) < 4.78 is 1.89. The first-order chi connectivity index (χ1) is 14.4. The summed E-state index contributed by atoms with van der Waals surface area (Å²) in [5, 5.41) is 12.4. The van der Waals surface area contributed by atoms with Gasteiger partial charge in [0.05, 0.1) is 16.2 Å². The second-order valence-electron chi connectivity index (χ2n) is 6.91. The van der Waals surface area contributed by atoms with Gasteiger partial charge in [0.15, 0.2) is 5.17 Å². The summed E-state index contributed by atoms with van der Waals surface area (Å²) in [6.07, 6.45) is 3.66. The number of aliphatic imine (C=N–C) groups is 1. The van der Waals surface area contributed by atoms with Crippen molar-refractivity contribution in [2.75, 3.05) is 0 Å². The summed E-state index contributed by atoms with van der Waals surface area (Å²) in [4.78, 5) is 28.6. The lowest BCUT2D eigenvalue weighted by Gasteiger charge is -2.07. The van der Waals surface area contributed by atoms with Crippen LogP contribution in [0, 0.1) is 13.8 Å². The summed E-state index contributed by atoms with van der Waals surface area (Å²) in [7, 11) is 0. The van der Waals surface area contributed by atoms with Crippen LogP contribution in [0.2, 0.25) is 0 Å². The lowest BCUT2D eigenvalue weighted by atomic mass is 10.1. The van der Waals surface area contributed by atoms with Gasteiger partial charge in [0.1, 0.15) is 0 Å². The zero-order valence-electron chi connectivity index (χ0n) is 16.4. The van der Waals surface area contributed by atoms with Gasteiger partial charge in [-0.1, -0.05) is 6.07 Å². The van der Waals surface area contributed by atoms with E-state index in [-0.39, 0.29) is 11.5 Å². The third-order valence-electron chi connectivity index (χ3n) is 4.82. The fourth-order valence-corrected chi connectivity index (χ4v) is 3.87. The molecule has 30 heavy (non-hydrogen) atoms. The summed E-state index contributed by atoms with van der Waals surface area (Å²) in [5.74, 6) is -1.16. The van der Waals surface area contributed by atoms with Crippen LogP contribution in [0.15, 0.2) is 70.7 Å². The number of hydrogen-bond donors (Lipinski definition) is 2. The molecule has 0 radical (unpaired) electrons. The summed E-state index contributed by atoms with van der Waals surface area (Å²) in [6.45, 7) is 4.07. The van der Waals surface area contributed by atoms with Crippen molar-refractivity contribution in [2.24, 2.45) is 4.99 Å². The van der Waals surface area contributed by atoms with Crippen LogP contribution < -0.4 is 5.32 Å². The van der Waals surface area contributed by atoms with Crippen molar-refractivity contribution in [1.29, 1.82) is 0 Å². The number of carbonyl (C=O) groups excluding carboxylic acids is 1. The molecule has 1 amide bonds. The normalized spacial score (nSPS) is 16.3. The van der Waals surface area contributed by atoms with Gasteiger partial charge in [-0.05, 0) is 91.3 Å². The smallest absolute Gasteiger partial charge is 0.335 e. The van der Waals surface area contributed by atoms with Gasteiger partial charge < -0.3 is 15.0 Å². The quantitative estimate of drug-likeness (QED) is 0.604. The molecule has 7 heteroatoms. The molecule has 0 aliphatic carbocycles. The molecule has 3 aromatic rings. The van der Waals surface area contributed by atoms with Crippen molar-refractivity contribution < 1.29 is 14.7 Å². The molecule has 2 aromatic carbocycles. The van der Waals surface area contributed by atoms with Crippen LogP contribution >= 0.6 is 11.8 Å². The Morgan fingerprint density at radius 3 is 2.57 bits per heavy atom. The van der Waals surface area contributed by atoms with Crippen LogP contribution in [0.3, 0.4) is 0 Å². The van der Waals surface area contributed by atoms with Gasteiger partial charge in [-0.2, -0.15) is 0 Å². The predicted molar refractivity (Wildman–Crippen MR) is 119 cm³/mol. The Labute approximate surface area is 178 Å². The first kappa shape index (κ1) is 19.7. The second kappa shape index (κ2) is 8.04. The fraction of sp³-hybridized carbons (Fsp3) is 0.0870. The Morgan fingerprint density at radius 2 is 1.87 bits per heavy atom. The SMILES string of the molecule is Cc1ccc(N=C2NC(=O)C(=Cc3cccn3-c3ccc(C(=O)O)cc3)S2)cc1C. The number of aryl methyl sites for hydroxylation is 2. The van der Waals surface area contributed by atoms with Crippen molar-refractivity contribution in [2.45, 2.75) is 13.8 Å². The number of nitrogens with one attached hydrogen (secondary N) is 1. The highest BCUT2D eigenvalue weighted by Gasteiger charge is 2.24. The minimum atomic E-state index is -0.967. The molecule has 1 aliphatic rings. The van der Waals surface area contributed by atoms with Gasteiger partial charge in [0.2, 0.25) is 0 Å². The highest BCUT2D eigenvalue weighted by atomic mass is 32.2. The molecular weight excluding hydrogens is 398 g/mol. The molecule has 1 aromatic heterocycles.